The Morgan fingerprint density at radius 1 is 1.10 bits per heavy atom. The molecule has 0 aromatic carbocycles. The molecule has 3 aliphatic heterocycles. The van der Waals surface area contributed by atoms with Crippen LogP contribution in [-0.2, 0) is 0 Å². The van der Waals surface area contributed by atoms with Crippen LogP contribution in [0, 0.1) is 0 Å². The summed E-state index contributed by atoms with van der Waals surface area (Å²) in [7, 11) is 0. The van der Waals surface area contributed by atoms with Gasteiger partial charge in [-0.25, -0.2) is 19.7 Å². The number of pyridine rings is 1. The number of rotatable bonds is 2. The van der Waals surface area contributed by atoms with E-state index >= 15 is 0 Å². The predicted octanol–water partition coefficient (Wildman–Crippen LogP) is 1.69. The third-order valence-corrected chi connectivity index (χ3v) is 5.87. The van der Waals surface area contributed by atoms with Gasteiger partial charge in [0.25, 0.3) is 0 Å². The van der Waals surface area contributed by atoms with Crippen molar-refractivity contribution in [1.82, 2.24) is 20.3 Å². The van der Waals surface area contributed by atoms with Crippen molar-refractivity contribution >= 4 is 29.2 Å². The van der Waals surface area contributed by atoms with Gasteiger partial charge in [-0.15, -0.1) is 0 Å². The van der Waals surface area contributed by atoms with Gasteiger partial charge in [-0.1, -0.05) is 0 Å². The Hall–Kier alpha value is -2.94. The number of carbonyl (C=O) groups is 1. The van der Waals surface area contributed by atoms with Crippen molar-refractivity contribution in [3.05, 3.63) is 30.7 Å². The number of piperidine rings is 1. The van der Waals surface area contributed by atoms with Gasteiger partial charge in [0.15, 0.2) is 5.82 Å². The molecule has 0 radical (unpaired) electrons. The van der Waals surface area contributed by atoms with Crippen molar-refractivity contribution in [3.8, 4) is 0 Å². The van der Waals surface area contributed by atoms with Crippen LogP contribution in [0.3, 0.4) is 0 Å². The summed E-state index contributed by atoms with van der Waals surface area (Å²) in [5, 5.41) is 6.35. The standard InChI is InChI=1S/C20H26N8O/c29-20(24-17-6-8-22-14-23-17)28-15-3-1-10-27(13-15)16-4-5-18(25-19(16)28)26-11-2-7-21-9-12-26/h4-6,8,14-15,21H,1-3,7,9-13H2,(H,22,23,24,29)/t15-/m0/s1. The summed E-state index contributed by atoms with van der Waals surface area (Å²) in [5.41, 5.74) is 1.04. The topological polar surface area (TPSA) is 89.5 Å². The Balaban J connectivity index is 1.49. The molecule has 9 heteroatoms. The number of nitrogens with one attached hydrogen (secondary N) is 2. The molecule has 2 aromatic heterocycles. The minimum Gasteiger partial charge on any atom is -0.366 e. The maximum absolute atomic E-state index is 13.2. The second-order valence-corrected chi connectivity index (χ2v) is 7.74. The number of hydrogen-bond acceptors (Lipinski definition) is 7. The number of nitrogens with zero attached hydrogens (tertiary/aromatic N) is 6. The highest BCUT2D eigenvalue weighted by Gasteiger charge is 2.38. The van der Waals surface area contributed by atoms with Crippen molar-refractivity contribution in [3.63, 3.8) is 0 Å². The van der Waals surface area contributed by atoms with E-state index in [0.29, 0.717) is 5.82 Å². The largest absolute Gasteiger partial charge is 0.366 e. The van der Waals surface area contributed by atoms with Crippen molar-refractivity contribution < 1.29 is 4.79 Å². The average Bonchev–Trinajstić information content (AvgIpc) is 3.04. The van der Waals surface area contributed by atoms with E-state index in [-0.39, 0.29) is 12.1 Å². The lowest BCUT2D eigenvalue weighted by atomic mass is 10.00. The highest BCUT2D eigenvalue weighted by molar-refractivity contribution is 6.04. The van der Waals surface area contributed by atoms with Crippen molar-refractivity contribution in [1.29, 1.82) is 0 Å². The monoisotopic (exact) mass is 394 g/mol. The molecule has 5 rings (SSSR count). The van der Waals surface area contributed by atoms with Crippen LogP contribution in [0.5, 0.6) is 0 Å². The number of amides is 2. The molecule has 2 amide bonds. The zero-order valence-electron chi connectivity index (χ0n) is 16.4. The van der Waals surface area contributed by atoms with E-state index in [2.05, 4.69) is 42.5 Å². The fourth-order valence-electron chi connectivity index (χ4n) is 4.46. The molecule has 152 valence electrons. The summed E-state index contributed by atoms with van der Waals surface area (Å²) >= 11 is 0. The van der Waals surface area contributed by atoms with Crippen LogP contribution in [0.2, 0.25) is 0 Å². The van der Waals surface area contributed by atoms with Crippen LogP contribution in [0.25, 0.3) is 0 Å². The molecule has 2 aromatic rings. The van der Waals surface area contributed by atoms with Gasteiger partial charge in [-0.2, -0.15) is 0 Å². The number of aromatic nitrogens is 3. The quantitative estimate of drug-likeness (QED) is 0.801. The normalized spacial score (nSPS) is 21.4. The number of fused-ring (bicyclic) bond motifs is 4. The Bertz CT molecular complexity index is 868. The van der Waals surface area contributed by atoms with Crippen LogP contribution >= 0.6 is 0 Å². The Labute approximate surface area is 170 Å². The lowest BCUT2D eigenvalue weighted by Crippen LogP contribution is -2.56. The molecule has 29 heavy (non-hydrogen) atoms. The van der Waals surface area contributed by atoms with Gasteiger partial charge < -0.3 is 15.1 Å². The van der Waals surface area contributed by atoms with E-state index < -0.39 is 0 Å². The molecule has 0 aliphatic carbocycles. The number of hydrogen-bond donors (Lipinski definition) is 2. The summed E-state index contributed by atoms with van der Waals surface area (Å²) in [6.07, 6.45) is 6.20. The zero-order chi connectivity index (χ0) is 19.6. The number of carbonyl (C=O) groups excluding carboxylic acids is 1. The van der Waals surface area contributed by atoms with Crippen LogP contribution in [0.15, 0.2) is 30.7 Å². The van der Waals surface area contributed by atoms with Gasteiger partial charge in [0.2, 0.25) is 0 Å². The van der Waals surface area contributed by atoms with E-state index in [1.807, 2.05) is 4.90 Å². The highest BCUT2D eigenvalue weighted by atomic mass is 16.2. The van der Waals surface area contributed by atoms with Gasteiger partial charge in [0.1, 0.15) is 18.0 Å². The van der Waals surface area contributed by atoms with Gasteiger partial charge >= 0.3 is 6.03 Å². The molecular weight excluding hydrogens is 368 g/mol. The first-order valence-corrected chi connectivity index (χ1v) is 10.4. The minimum absolute atomic E-state index is 0.117. The van der Waals surface area contributed by atoms with E-state index in [9.17, 15) is 4.79 Å². The number of anilines is 4. The summed E-state index contributed by atoms with van der Waals surface area (Å²) in [6, 6.07) is 5.86. The third-order valence-electron chi connectivity index (χ3n) is 5.87. The lowest BCUT2D eigenvalue weighted by molar-refractivity contribution is 0.252. The molecule has 9 nitrogen and oxygen atoms in total. The molecule has 0 spiro atoms. The average molecular weight is 394 g/mol. The smallest absolute Gasteiger partial charge is 0.329 e. The maximum atomic E-state index is 13.2. The number of urea groups is 1. The molecule has 3 aliphatic rings. The molecule has 0 saturated carbocycles. The van der Waals surface area contributed by atoms with Crippen molar-refractivity contribution in [2.45, 2.75) is 25.3 Å². The highest BCUT2D eigenvalue weighted by Crippen LogP contribution is 2.39. The molecule has 2 fully saturated rings. The van der Waals surface area contributed by atoms with Crippen molar-refractivity contribution in [2.75, 3.05) is 59.3 Å². The maximum Gasteiger partial charge on any atom is 0.329 e. The van der Waals surface area contributed by atoms with E-state index in [4.69, 9.17) is 4.98 Å². The van der Waals surface area contributed by atoms with Gasteiger partial charge in [-0.05, 0) is 44.0 Å². The molecule has 2 bridgehead atoms. The van der Waals surface area contributed by atoms with E-state index in [1.165, 1.54) is 6.33 Å². The molecule has 2 saturated heterocycles. The van der Waals surface area contributed by atoms with E-state index in [0.717, 1.165) is 75.9 Å². The summed E-state index contributed by atoms with van der Waals surface area (Å²) < 4.78 is 0. The fourth-order valence-corrected chi connectivity index (χ4v) is 4.46. The van der Waals surface area contributed by atoms with Gasteiger partial charge in [-0.3, -0.25) is 10.2 Å². The zero-order valence-corrected chi connectivity index (χ0v) is 16.4. The van der Waals surface area contributed by atoms with Crippen molar-refractivity contribution in [2.24, 2.45) is 0 Å². The molecule has 5 heterocycles. The predicted molar refractivity (Wildman–Crippen MR) is 113 cm³/mol. The first-order chi connectivity index (χ1) is 14.3. The Kier molecular flexibility index (Phi) is 4.89. The summed E-state index contributed by atoms with van der Waals surface area (Å²) in [5.74, 6) is 2.19. The second kappa shape index (κ2) is 7.82. The molecule has 0 unspecified atom stereocenters. The van der Waals surface area contributed by atoms with Crippen LogP contribution in [-0.4, -0.2) is 66.3 Å². The third kappa shape index (κ3) is 3.57. The first kappa shape index (κ1) is 18.1. The SMILES string of the molecule is O=C(Nc1ccncn1)N1c2nc(N3CCCNCC3)ccc2N2CCC[C@H]1C2. The van der Waals surface area contributed by atoms with Crippen LogP contribution in [0.1, 0.15) is 19.3 Å². The minimum atomic E-state index is -0.182. The Morgan fingerprint density at radius 2 is 2.03 bits per heavy atom. The molecular formula is C20H26N8O. The van der Waals surface area contributed by atoms with Crippen LogP contribution < -0.4 is 25.3 Å². The lowest BCUT2D eigenvalue weighted by Gasteiger charge is -2.46. The Morgan fingerprint density at radius 3 is 2.93 bits per heavy atom. The molecule has 2 N–H and O–H groups in total. The van der Waals surface area contributed by atoms with Crippen LogP contribution in [0.4, 0.5) is 27.9 Å². The molecule has 1 atom stereocenters. The fraction of sp³-hybridized carbons (Fsp3) is 0.500. The second-order valence-electron chi connectivity index (χ2n) is 7.74. The summed E-state index contributed by atoms with van der Waals surface area (Å²) in [6.45, 7) is 5.74. The first-order valence-electron chi connectivity index (χ1n) is 10.4. The van der Waals surface area contributed by atoms with E-state index in [1.54, 1.807) is 12.3 Å². The van der Waals surface area contributed by atoms with Gasteiger partial charge in [0.05, 0.1) is 11.7 Å². The summed E-state index contributed by atoms with van der Waals surface area (Å²) in [4.78, 5) is 32.8. The van der Waals surface area contributed by atoms with Gasteiger partial charge in [0, 0.05) is 38.9 Å².